The molecule has 0 atom stereocenters. The van der Waals surface area contributed by atoms with Crippen LogP contribution in [-0.4, -0.2) is 67.8 Å². The summed E-state index contributed by atoms with van der Waals surface area (Å²) in [6, 6.07) is 6.28. The van der Waals surface area contributed by atoms with Crippen LogP contribution in [0.1, 0.15) is 0 Å². The van der Waals surface area contributed by atoms with Crippen molar-refractivity contribution in [1.29, 1.82) is 0 Å². The Hall–Kier alpha value is -2.39. The van der Waals surface area contributed by atoms with E-state index in [2.05, 4.69) is 14.9 Å². The first-order chi connectivity index (χ1) is 13.4. The molecule has 28 heavy (non-hydrogen) atoms. The Labute approximate surface area is 167 Å². The van der Waals surface area contributed by atoms with Crippen molar-refractivity contribution in [3.05, 3.63) is 41.7 Å². The van der Waals surface area contributed by atoms with E-state index in [1.807, 2.05) is 0 Å². The summed E-state index contributed by atoms with van der Waals surface area (Å²) in [7, 11) is -3.42. The second-order valence-electron chi connectivity index (χ2n) is 7.63. The number of hydrogen-bond donors (Lipinski definition) is 0. The van der Waals surface area contributed by atoms with Gasteiger partial charge in [0.1, 0.15) is 0 Å². The highest BCUT2D eigenvalue weighted by molar-refractivity contribution is 7.91. The number of rotatable bonds is 1. The lowest BCUT2D eigenvalue weighted by Crippen LogP contribution is -2.74. The number of benzene rings is 1. The fourth-order valence-electron chi connectivity index (χ4n) is 4.23. The van der Waals surface area contributed by atoms with Gasteiger partial charge in [-0.2, -0.15) is 0 Å². The van der Waals surface area contributed by atoms with Crippen molar-refractivity contribution >= 4 is 39.1 Å². The number of sulfone groups is 1. The minimum absolute atomic E-state index is 0.0829. The number of aromatic nitrogens is 2. The topological polar surface area (TPSA) is 86.7 Å². The first-order valence-corrected chi connectivity index (χ1v) is 11.0. The van der Waals surface area contributed by atoms with Gasteiger partial charge in [-0.1, -0.05) is 11.6 Å². The summed E-state index contributed by atoms with van der Waals surface area (Å²) in [6.45, 7) is 3.11. The Morgan fingerprint density at radius 3 is 2.54 bits per heavy atom. The summed E-state index contributed by atoms with van der Waals surface area (Å²) in [5.41, 5.74) is 0.494. The molecule has 5 rings (SSSR count). The van der Waals surface area contributed by atoms with Crippen LogP contribution in [0.3, 0.4) is 0 Å². The molecule has 1 spiro atoms. The molecule has 8 nitrogen and oxygen atoms in total. The van der Waals surface area contributed by atoms with E-state index in [-0.39, 0.29) is 28.6 Å². The van der Waals surface area contributed by atoms with Crippen molar-refractivity contribution < 1.29 is 13.2 Å². The molecule has 1 aromatic heterocycles. The Morgan fingerprint density at radius 2 is 1.82 bits per heavy atom. The van der Waals surface area contributed by atoms with Gasteiger partial charge in [-0.25, -0.2) is 23.2 Å². The molecule has 0 radical (unpaired) electrons. The standard InChI is InChI=1S/C18H18ClN5O3S/c19-13-2-3-14-15(8-13)28(26,27)7-6-24(14)17(25)23-11-18(12-23)9-22(10-18)16-20-4-1-5-21-16/h1-5,8H,6-7,9-12H2. The molecule has 2 aromatic rings. The van der Waals surface area contributed by atoms with E-state index in [1.165, 1.54) is 6.07 Å². The second-order valence-corrected chi connectivity index (χ2v) is 10.1. The quantitative estimate of drug-likeness (QED) is 0.698. The van der Waals surface area contributed by atoms with Crippen molar-refractivity contribution in [3.8, 4) is 0 Å². The summed E-state index contributed by atoms with van der Waals surface area (Å²) in [6.07, 6.45) is 3.44. The lowest BCUT2D eigenvalue weighted by atomic mass is 9.73. The zero-order valence-electron chi connectivity index (χ0n) is 15.0. The van der Waals surface area contributed by atoms with Crippen LogP contribution in [-0.2, 0) is 9.84 Å². The summed E-state index contributed by atoms with van der Waals surface area (Å²) < 4.78 is 24.7. The molecule has 1 aromatic carbocycles. The zero-order chi connectivity index (χ0) is 19.5. The van der Waals surface area contributed by atoms with Crippen LogP contribution in [0, 0.1) is 5.41 Å². The molecule has 3 aliphatic heterocycles. The Bertz CT molecular complexity index is 1050. The van der Waals surface area contributed by atoms with Crippen LogP contribution >= 0.6 is 11.6 Å². The summed E-state index contributed by atoms with van der Waals surface area (Å²) in [5.74, 6) is 0.620. The second kappa shape index (κ2) is 6.05. The van der Waals surface area contributed by atoms with Gasteiger partial charge < -0.3 is 9.80 Å². The number of fused-ring (bicyclic) bond motifs is 1. The number of anilines is 2. The molecule has 2 amide bonds. The maximum absolute atomic E-state index is 13.0. The molecule has 146 valence electrons. The molecule has 0 unspecified atom stereocenters. The van der Waals surface area contributed by atoms with Crippen molar-refractivity contribution in [2.45, 2.75) is 4.90 Å². The van der Waals surface area contributed by atoms with E-state index in [9.17, 15) is 13.2 Å². The van der Waals surface area contributed by atoms with Crippen molar-refractivity contribution in [3.63, 3.8) is 0 Å². The van der Waals surface area contributed by atoms with E-state index in [0.29, 0.717) is 29.7 Å². The van der Waals surface area contributed by atoms with Gasteiger partial charge in [0, 0.05) is 55.6 Å². The van der Waals surface area contributed by atoms with Gasteiger partial charge in [0.05, 0.1) is 16.3 Å². The molecular weight excluding hydrogens is 402 g/mol. The van der Waals surface area contributed by atoms with Gasteiger partial charge in [-0.05, 0) is 24.3 Å². The molecule has 4 heterocycles. The van der Waals surface area contributed by atoms with Gasteiger partial charge >= 0.3 is 6.03 Å². The number of nitrogens with zero attached hydrogens (tertiary/aromatic N) is 5. The maximum Gasteiger partial charge on any atom is 0.324 e. The number of carbonyl (C=O) groups excluding carboxylic acids is 1. The smallest absolute Gasteiger partial charge is 0.324 e. The molecule has 2 saturated heterocycles. The lowest BCUT2D eigenvalue weighted by molar-refractivity contribution is 0.00925. The monoisotopic (exact) mass is 419 g/mol. The van der Waals surface area contributed by atoms with Crippen molar-refractivity contribution in [2.24, 2.45) is 5.41 Å². The summed E-state index contributed by atoms with van der Waals surface area (Å²) in [5, 5.41) is 0.345. The summed E-state index contributed by atoms with van der Waals surface area (Å²) in [4.78, 5) is 27.1. The molecule has 0 bridgehead atoms. The summed E-state index contributed by atoms with van der Waals surface area (Å²) >= 11 is 5.97. The van der Waals surface area contributed by atoms with Gasteiger partial charge in [0.15, 0.2) is 9.84 Å². The minimum Gasteiger partial charge on any atom is -0.339 e. The highest BCUT2D eigenvalue weighted by atomic mass is 35.5. The Morgan fingerprint density at radius 1 is 1.11 bits per heavy atom. The molecule has 3 aliphatic rings. The van der Waals surface area contributed by atoms with E-state index < -0.39 is 9.84 Å². The molecule has 10 heteroatoms. The van der Waals surface area contributed by atoms with Crippen molar-refractivity contribution in [1.82, 2.24) is 14.9 Å². The number of hydrogen-bond acceptors (Lipinski definition) is 6. The SMILES string of the molecule is O=C(N1CC2(C1)CN(c1ncccn1)C2)N1CCS(=O)(=O)c2cc(Cl)ccc21. The molecule has 0 saturated carbocycles. The highest BCUT2D eigenvalue weighted by Gasteiger charge is 2.54. The van der Waals surface area contributed by atoms with Gasteiger partial charge in [-0.15, -0.1) is 0 Å². The number of halogens is 1. The third-order valence-electron chi connectivity index (χ3n) is 5.57. The molecular formula is C18H18ClN5O3S. The van der Waals surface area contributed by atoms with Crippen LogP contribution in [0.4, 0.5) is 16.4 Å². The van der Waals surface area contributed by atoms with Crippen LogP contribution in [0.2, 0.25) is 5.02 Å². The van der Waals surface area contributed by atoms with E-state index in [1.54, 1.807) is 40.4 Å². The Kier molecular flexibility index (Phi) is 3.82. The van der Waals surface area contributed by atoms with Crippen LogP contribution in [0.25, 0.3) is 0 Å². The maximum atomic E-state index is 13.0. The highest BCUT2D eigenvalue weighted by Crippen LogP contribution is 2.42. The number of likely N-dealkylation sites (tertiary alicyclic amines) is 1. The number of urea groups is 1. The third-order valence-corrected chi connectivity index (χ3v) is 7.53. The largest absolute Gasteiger partial charge is 0.339 e. The van der Waals surface area contributed by atoms with Crippen LogP contribution < -0.4 is 9.80 Å². The first kappa shape index (κ1) is 17.7. The van der Waals surface area contributed by atoms with Gasteiger partial charge in [0.2, 0.25) is 5.95 Å². The fourth-order valence-corrected chi connectivity index (χ4v) is 5.91. The average molecular weight is 420 g/mol. The van der Waals surface area contributed by atoms with E-state index in [0.717, 1.165) is 13.1 Å². The van der Waals surface area contributed by atoms with Gasteiger partial charge in [-0.3, -0.25) is 4.90 Å². The minimum atomic E-state index is -3.42. The molecule has 0 N–H and O–H groups in total. The number of carbonyl (C=O) groups is 1. The normalized spacial score (nSPS) is 21.7. The van der Waals surface area contributed by atoms with Crippen LogP contribution in [0.15, 0.2) is 41.6 Å². The lowest BCUT2D eigenvalue weighted by Gasteiger charge is -2.60. The van der Waals surface area contributed by atoms with E-state index in [4.69, 9.17) is 11.6 Å². The van der Waals surface area contributed by atoms with E-state index >= 15 is 0 Å². The Balaban J connectivity index is 1.28. The van der Waals surface area contributed by atoms with Crippen molar-refractivity contribution in [2.75, 3.05) is 48.3 Å². The van der Waals surface area contributed by atoms with Crippen LogP contribution in [0.5, 0.6) is 0 Å². The zero-order valence-corrected chi connectivity index (χ0v) is 16.5. The van der Waals surface area contributed by atoms with Gasteiger partial charge in [0.25, 0.3) is 0 Å². The first-order valence-electron chi connectivity index (χ1n) is 8.98. The fraction of sp³-hybridized carbons (Fsp3) is 0.389. The average Bonchev–Trinajstić information content (AvgIpc) is 2.61. The molecule has 0 aliphatic carbocycles. The predicted octanol–water partition coefficient (Wildman–Crippen LogP) is 1.67. The molecule has 2 fully saturated rings. The predicted molar refractivity (Wildman–Crippen MR) is 104 cm³/mol. The number of amides is 2. The third kappa shape index (κ3) is 2.72.